The van der Waals surface area contributed by atoms with E-state index >= 15 is 4.39 Å². The highest BCUT2D eigenvalue weighted by molar-refractivity contribution is 5.56. The summed E-state index contributed by atoms with van der Waals surface area (Å²) >= 11 is 0. The molecule has 1 aliphatic rings. The first kappa shape index (κ1) is 28.2. The zero-order valence-electron chi connectivity index (χ0n) is 22.2. The van der Waals surface area contributed by atoms with Crippen molar-refractivity contribution in [3.8, 4) is 11.5 Å². The second-order valence-corrected chi connectivity index (χ2v) is 9.65. The fourth-order valence-corrected chi connectivity index (χ4v) is 5.83. The number of H-pyrrole nitrogens is 1. The van der Waals surface area contributed by atoms with E-state index in [2.05, 4.69) is 4.98 Å². The number of nitrogens with zero attached hydrogens (tertiary/aromatic N) is 1. The van der Waals surface area contributed by atoms with Crippen molar-refractivity contribution in [2.75, 3.05) is 20.8 Å². The lowest BCUT2D eigenvalue weighted by atomic mass is 9.60. The molecule has 0 amide bonds. The Hall–Kier alpha value is -4.29. The third-order valence-corrected chi connectivity index (χ3v) is 7.65. The van der Waals surface area contributed by atoms with Gasteiger partial charge in [0.25, 0.3) is 11.4 Å². The van der Waals surface area contributed by atoms with Crippen LogP contribution in [-0.2, 0) is 15.9 Å². The highest BCUT2D eigenvalue weighted by Gasteiger charge is 2.77. The van der Waals surface area contributed by atoms with E-state index < -0.39 is 47.1 Å². The SMILES string of the molecule is COc1ccc(C(c2ccccc2)(c2ccc(OC)cc2)[C@@]2(n3ccc(=O)[nH]c3=O)O[C@H](CO)[C@@H](O)[C@]2(O)F)cc1. The molecule has 1 aromatic heterocycles. The van der Waals surface area contributed by atoms with Crippen molar-refractivity contribution in [2.45, 2.75) is 29.2 Å². The Kier molecular flexibility index (Phi) is 7.30. The van der Waals surface area contributed by atoms with Crippen LogP contribution >= 0.6 is 0 Å². The van der Waals surface area contributed by atoms with Gasteiger partial charge in [-0.1, -0.05) is 54.6 Å². The van der Waals surface area contributed by atoms with Crippen molar-refractivity contribution in [1.29, 1.82) is 0 Å². The molecular weight excluding hydrogens is 535 g/mol. The van der Waals surface area contributed by atoms with E-state index in [1.54, 1.807) is 78.9 Å². The highest BCUT2D eigenvalue weighted by Crippen LogP contribution is 2.61. The number of benzene rings is 3. The summed E-state index contributed by atoms with van der Waals surface area (Å²) in [5.41, 5.74) is -5.75. The zero-order valence-corrected chi connectivity index (χ0v) is 22.2. The van der Waals surface area contributed by atoms with Crippen LogP contribution in [0.5, 0.6) is 11.5 Å². The lowest BCUT2D eigenvalue weighted by molar-refractivity contribution is -0.280. The number of aliphatic hydroxyl groups excluding tert-OH is 2. The molecular formula is C30H29FN2O8. The van der Waals surface area contributed by atoms with Gasteiger partial charge in [-0.25, -0.2) is 9.18 Å². The van der Waals surface area contributed by atoms with Crippen molar-refractivity contribution in [3.05, 3.63) is 129 Å². The normalized spacial score (nSPS) is 24.2. The van der Waals surface area contributed by atoms with Gasteiger partial charge in [0.15, 0.2) is 0 Å². The average molecular weight is 565 g/mol. The van der Waals surface area contributed by atoms with Gasteiger partial charge < -0.3 is 29.5 Å². The number of ether oxygens (including phenoxy) is 3. The Labute approximate surface area is 233 Å². The summed E-state index contributed by atoms with van der Waals surface area (Å²) in [4.78, 5) is 27.8. The van der Waals surface area contributed by atoms with Crippen LogP contribution in [-0.4, -0.2) is 63.8 Å². The Bertz CT molecular complexity index is 1570. The number of methoxy groups -OCH3 is 2. The van der Waals surface area contributed by atoms with Gasteiger partial charge in [0.1, 0.15) is 23.7 Å². The van der Waals surface area contributed by atoms with E-state index in [9.17, 15) is 24.9 Å². The van der Waals surface area contributed by atoms with Crippen molar-refractivity contribution in [2.24, 2.45) is 0 Å². The van der Waals surface area contributed by atoms with Crippen molar-refractivity contribution >= 4 is 0 Å². The number of rotatable bonds is 8. The van der Waals surface area contributed by atoms with E-state index in [1.807, 2.05) is 0 Å². The van der Waals surface area contributed by atoms with E-state index in [0.717, 1.165) is 16.8 Å². The minimum Gasteiger partial charge on any atom is -0.497 e. The second kappa shape index (κ2) is 10.6. The van der Waals surface area contributed by atoms with Crippen molar-refractivity contribution < 1.29 is 33.9 Å². The number of hydrogen-bond donors (Lipinski definition) is 4. The van der Waals surface area contributed by atoms with Gasteiger partial charge in [0.2, 0.25) is 5.72 Å². The van der Waals surface area contributed by atoms with E-state index in [4.69, 9.17) is 14.2 Å². The lowest BCUT2D eigenvalue weighted by Crippen LogP contribution is -2.68. The molecule has 1 fully saturated rings. The molecule has 1 aliphatic heterocycles. The van der Waals surface area contributed by atoms with Crippen LogP contribution in [0.15, 0.2) is 101 Å². The van der Waals surface area contributed by atoms with Gasteiger partial charge in [0.05, 0.1) is 26.2 Å². The van der Waals surface area contributed by atoms with E-state index in [1.165, 1.54) is 14.2 Å². The first-order chi connectivity index (χ1) is 19.7. The summed E-state index contributed by atoms with van der Waals surface area (Å²) < 4.78 is 35.0. The molecule has 1 saturated heterocycles. The van der Waals surface area contributed by atoms with Crippen molar-refractivity contribution in [3.63, 3.8) is 0 Å². The third kappa shape index (κ3) is 4.08. The molecule has 0 saturated carbocycles. The average Bonchev–Trinajstić information content (AvgIpc) is 3.20. The molecule has 4 atom stereocenters. The van der Waals surface area contributed by atoms with E-state index in [0.29, 0.717) is 28.2 Å². The Morgan fingerprint density at radius 1 is 0.902 bits per heavy atom. The minimum absolute atomic E-state index is 0.314. The number of nitrogens with one attached hydrogen (secondary N) is 1. The third-order valence-electron chi connectivity index (χ3n) is 7.65. The lowest BCUT2D eigenvalue weighted by Gasteiger charge is -2.52. The molecule has 5 rings (SSSR count). The van der Waals surface area contributed by atoms with Gasteiger partial charge in [-0.15, -0.1) is 0 Å². The topological polar surface area (TPSA) is 143 Å². The number of aromatic nitrogens is 2. The molecule has 41 heavy (non-hydrogen) atoms. The monoisotopic (exact) mass is 564 g/mol. The number of aliphatic hydroxyl groups is 3. The molecule has 2 heterocycles. The Morgan fingerprint density at radius 3 is 1.85 bits per heavy atom. The molecule has 0 radical (unpaired) electrons. The maximum absolute atomic E-state index is 17.3. The van der Waals surface area contributed by atoms with Gasteiger partial charge in [-0.2, -0.15) is 0 Å². The summed E-state index contributed by atoms with van der Waals surface area (Å²) in [6.07, 6.45) is -3.00. The molecule has 3 aromatic carbocycles. The van der Waals surface area contributed by atoms with Gasteiger partial charge >= 0.3 is 5.69 Å². The number of alkyl halides is 1. The Morgan fingerprint density at radius 2 is 1.41 bits per heavy atom. The van der Waals surface area contributed by atoms with Crippen LogP contribution in [0.4, 0.5) is 4.39 Å². The second-order valence-electron chi connectivity index (χ2n) is 9.65. The first-order valence-electron chi connectivity index (χ1n) is 12.7. The van der Waals surface area contributed by atoms with Crippen molar-refractivity contribution in [1.82, 2.24) is 9.55 Å². The minimum atomic E-state index is -3.74. The van der Waals surface area contributed by atoms with Gasteiger partial charge in [-0.3, -0.25) is 14.3 Å². The molecule has 0 unspecified atom stereocenters. The number of aromatic amines is 1. The van der Waals surface area contributed by atoms with Gasteiger partial charge in [0, 0.05) is 12.3 Å². The maximum Gasteiger partial charge on any atom is 0.330 e. The van der Waals surface area contributed by atoms with Gasteiger partial charge in [-0.05, 0) is 41.0 Å². The van der Waals surface area contributed by atoms with E-state index in [-0.39, 0.29) is 0 Å². The molecule has 214 valence electrons. The maximum atomic E-state index is 17.3. The predicted molar refractivity (Wildman–Crippen MR) is 146 cm³/mol. The summed E-state index contributed by atoms with van der Waals surface area (Å²) in [6, 6.07) is 22.3. The standard InChI is InChI=1S/C30H29FN2O8/c1-39-22-12-8-20(9-13-22)28(19-6-4-3-5-7-19,21-10-14-23(40-2)15-11-21)30(33-17-16-25(35)32-27(33)37)29(31,38)26(36)24(18-34)41-30/h3-17,24,26,34,36,38H,18H2,1-2H3,(H,32,35,37)/t24-,26-,29-,30-/m1/s1. The summed E-state index contributed by atoms with van der Waals surface area (Å²) in [6.45, 7) is -0.899. The zero-order chi connectivity index (χ0) is 29.4. The fraction of sp³-hybridized carbons (Fsp3) is 0.267. The van der Waals surface area contributed by atoms with Crippen LogP contribution in [0.3, 0.4) is 0 Å². The smallest absolute Gasteiger partial charge is 0.330 e. The van der Waals surface area contributed by atoms with Crippen LogP contribution in [0.1, 0.15) is 16.7 Å². The first-order valence-corrected chi connectivity index (χ1v) is 12.7. The quantitative estimate of drug-likeness (QED) is 0.237. The predicted octanol–water partition coefficient (Wildman–Crippen LogP) is 1.65. The van der Waals surface area contributed by atoms with Crippen LogP contribution in [0.2, 0.25) is 0 Å². The molecule has 0 aliphatic carbocycles. The molecule has 10 nitrogen and oxygen atoms in total. The summed E-state index contributed by atoms with van der Waals surface area (Å²) in [7, 11) is 2.96. The summed E-state index contributed by atoms with van der Waals surface area (Å²) in [5, 5.41) is 33.0. The molecule has 11 heteroatoms. The molecule has 4 N–H and O–H groups in total. The molecule has 4 aromatic rings. The number of hydrogen-bond acceptors (Lipinski definition) is 8. The molecule has 0 spiro atoms. The summed E-state index contributed by atoms with van der Waals surface area (Å²) in [5.74, 6) is -2.80. The van der Waals surface area contributed by atoms with Crippen LogP contribution in [0, 0.1) is 0 Å². The molecule has 0 bridgehead atoms. The van der Waals surface area contributed by atoms with Crippen LogP contribution in [0.25, 0.3) is 0 Å². The number of halogens is 1. The fourth-order valence-electron chi connectivity index (χ4n) is 5.83. The highest BCUT2D eigenvalue weighted by atomic mass is 19.2. The largest absolute Gasteiger partial charge is 0.497 e. The Balaban J connectivity index is 2.06. The van der Waals surface area contributed by atoms with Crippen LogP contribution < -0.4 is 20.7 Å².